The number of aryl methyl sites for hydroxylation is 1. The van der Waals surface area contributed by atoms with E-state index in [-0.39, 0.29) is 6.04 Å². The van der Waals surface area contributed by atoms with Gasteiger partial charge in [-0.15, -0.1) is 0 Å². The van der Waals surface area contributed by atoms with Gasteiger partial charge in [0.05, 0.1) is 13.2 Å². The molecule has 3 rings (SSSR count). The van der Waals surface area contributed by atoms with Crippen molar-refractivity contribution < 1.29 is 9.47 Å². The van der Waals surface area contributed by atoms with Crippen molar-refractivity contribution in [2.75, 3.05) is 13.2 Å². The molecule has 0 heterocycles. The molecule has 0 aromatic heterocycles. The average Bonchev–Trinajstić information content (AvgIpc) is 2.89. The van der Waals surface area contributed by atoms with Crippen LogP contribution in [0.1, 0.15) is 30.0 Å². The van der Waals surface area contributed by atoms with Gasteiger partial charge in [0, 0.05) is 12.5 Å². The normalized spacial score (nSPS) is 16.5. The molecular weight excluding hydrogens is 262 g/mol. The lowest BCUT2D eigenvalue weighted by Gasteiger charge is -2.10. The molecule has 0 aliphatic heterocycles. The van der Waals surface area contributed by atoms with Crippen LogP contribution < -0.4 is 15.2 Å². The Hall–Kier alpha value is -2.00. The fourth-order valence-corrected chi connectivity index (χ4v) is 2.67. The van der Waals surface area contributed by atoms with Crippen molar-refractivity contribution in [3.05, 3.63) is 59.7 Å². The third-order valence-electron chi connectivity index (χ3n) is 3.81. The second-order valence-electron chi connectivity index (χ2n) is 5.37. The molecule has 0 bridgehead atoms. The van der Waals surface area contributed by atoms with Gasteiger partial charge in [-0.25, -0.2) is 0 Å². The maximum Gasteiger partial charge on any atom is 0.119 e. The summed E-state index contributed by atoms with van der Waals surface area (Å²) in [7, 11) is 0. The van der Waals surface area contributed by atoms with E-state index in [9.17, 15) is 0 Å². The lowest BCUT2D eigenvalue weighted by Crippen LogP contribution is -2.06. The summed E-state index contributed by atoms with van der Waals surface area (Å²) in [4.78, 5) is 0. The van der Waals surface area contributed by atoms with Gasteiger partial charge in [-0.05, 0) is 48.2 Å². The Morgan fingerprint density at radius 3 is 2.52 bits per heavy atom. The molecule has 0 amide bonds. The molecule has 2 aromatic carbocycles. The smallest absolute Gasteiger partial charge is 0.119 e. The van der Waals surface area contributed by atoms with Crippen LogP contribution in [-0.2, 0) is 6.42 Å². The van der Waals surface area contributed by atoms with E-state index < -0.39 is 0 Å². The maximum absolute atomic E-state index is 6.03. The highest BCUT2D eigenvalue weighted by molar-refractivity contribution is 5.40. The fraction of sp³-hybridized carbons (Fsp3) is 0.333. The minimum atomic E-state index is 0.202. The largest absolute Gasteiger partial charge is 0.493 e. The van der Waals surface area contributed by atoms with Crippen molar-refractivity contribution in [2.45, 2.75) is 25.3 Å². The Morgan fingerprint density at radius 2 is 1.71 bits per heavy atom. The molecule has 0 fully saturated rings. The predicted molar refractivity (Wildman–Crippen MR) is 83.7 cm³/mol. The van der Waals surface area contributed by atoms with Gasteiger partial charge in [-0.3, -0.25) is 0 Å². The SMILES string of the molecule is N[C@@H]1CCc2cc(OCCCOc3ccccc3)ccc21. The molecule has 0 radical (unpaired) electrons. The van der Waals surface area contributed by atoms with E-state index in [1.165, 1.54) is 11.1 Å². The number of para-hydroxylation sites is 1. The van der Waals surface area contributed by atoms with Crippen LogP contribution in [0.25, 0.3) is 0 Å². The van der Waals surface area contributed by atoms with Crippen LogP contribution in [0, 0.1) is 0 Å². The molecule has 1 aliphatic carbocycles. The van der Waals surface area contributed by atoms with Gasteiger partial charge in [-0.1, -0.05) is 24.3 Å². The zero-order valence-electron chi connectivity index (χ0n) is 12.1. The van der Waals surface area contributed by atoms with E-state index in [2.05, 4.69) is 12.1 Å². The van der Waals surface area contributed by atoms with Gasteiger partial charge in [0.2, 0.25) is 0 Å². The highest BCUT2D eigenvalue weighted by Gasteiger charge is 2.18. The Morgan fingerprint density at radius 1 is 0.952 bits per heavy atom. The van der Waals surface area contributed by atoms with Gasteiger partial charge in [-0.2, -0.15) is 0 Å². The predicted octanol–water partition coefficient (Wildman–Crippen LogP) is 3.48. The van der Waals surface area contributed by atoms with Crippen LogP contribution in [0.15, 0.2) is 48.5 Å². The third-order valence-corrected chi connectivity index (χ3v) is 3.81. The summed E-state index contributed by atoms with van der Waals surface area (Å²) in [5.41, 5.74) is 8.64. The van der Waals surface area contributed by atoms with Crippen LogP contribution >= 0.6 is 0 Å². The van der Waals surface area contributed by atoms with Crippen LogP contribution in [0.4, 0.5) is 0 Å². The number of hydrogen-bond acceptors (Lipinski definition) is 3. The van der Waals surface area contributed by atoms with E-state index >= 15 is 0 Å². The van der Waals surface area contributed by atoms with Gasteiger partial charge >= 0.3 is 0 Å². The highest BCUT2D eigenvalue weighted by Crippen LogP contribution is 2.31. The summed E-state index contributed by atoms with van der Waals surface area (Å²) in [6, 6.07) is 16.3. The summed E-state index contributed by atoms with van der Waals surface area (Å²) in [5, 5.41) is 0. The molecule has 3 heteroatoms. The number of nitrogens with two attached hydrogens (primary N) is 1. The monoisotopic (exact) mass is 283 g/mol. The summed E-state index contributed by atoms with van der Waals surface area (Å²) in [6.45, 7) is 1.33. The van der Waals surface area contributed by atoms with Crippen LogP contribution in [0.5, 0.6) is 11.5 Å². The van der Waals surface area contributed by atoms with Crippen LogP contribution in [-0.4, -0.2) is 13.2 Å². The molecule has 1 atom stereocenters. The lowest BCUT2D eigenvalue weighted by atomic mass is 10.1. The summed E-state index contributed by atoms with van der Waals surface area (Å²) in [6.07, 6.45) is 2.97. The quantitative estimate of drug-likeness (QED) is 0.825. The Labute approximate surface area is 125 Å². The standard InChI is InChI=1S/C18H21NO2/c19-18-10-7-14-13-16(8-9-17(14)18)21-12-4-11-20-15-5-2-1-3-6-15/h1-3,5-6,8-9,13,18H,4,7,10-12,19H2/t18-/m1/s1. The number of hydrogen-bond donors (Lipinski definition) is 1. The zero-order valence-corrected chi connectivity index (χ0v) is 12.1. The minimum absolute atomic E-state index is 0.202. The van der Waals surface area contributed by atoms with Gasteiger partial charge < -0.3 is 15.2 Å². The number of rotatable bonds is 6. The first kappa shape index (κ1) is 14.0. The van der Waals surface area contributed by atoms with Crippen molar-refractivity contribution in [2.24, 2.45) is 5.73 Å². The Bertz CT molecular complexity index is 583. The van der Waals surface area contributed by atoms with Crippen LogP contribution in [0.2, 0.25) is 0 Å². The highest BCUT2D eigenvalue weighted by atomic mass is 16.5. The third kappa shape index (κ3) is 3.56. The van der Waals surface area contributed by atoms with Gasteiger partial charge in [0.1, 0.15) is 11.5 Å². The second kappa shape index (κ2) is 6.64. The molecule has 0 saturated heterocycles. The first-order valence-corrected chi connectivity index (χ1v) is 7.52. The number of fused-ring (bicyclic) bond motifs is 1. The topological polar surface area (TPSA) is 44.5 Å². The van der Waals surface area contributed by atoms with Crippen molar-refractivity contribution in [3.8, 4) is 11.5 Å². The molecule has 1 aliphatic rings. The zero-order chi connectivity index (χ0) is 14.5. The molecular formula is C18H21NO2. The van der Waals surface area contributed by atoms with Gasteiger partial charge in [0.15, 0.2) is 0 Å². The van der Waals surface area contributed by atoms with E-state index in [0.29, 0.717) is 13.2 Å². The van der Waals surface area contributed by atoms with Crippen molar-refractivity contribution in [1.29, 1.82) is 0 Å². The lowest BCUT2D eigenvalue weighted by molar-refractivity contribution is 0.247. The number of ether oxygens (including phenoxy) is 2. The second-order valence-corrected chi connectivity index (χ2v) is 5.37. The Kier molecular flexibility index (Phi) is 4.41. The molecule has 0 spiro atoms. The summed E-state index contributed by atoms with van der Waals surface area (Å²) < 4.78 is 11.4. The van der Waals surface area contributed by atoms with Crippen molar-refractivity contribution >= 4 is 0 Å². The first-order chi connectivity index (χ1) is 10.3. The average molecular weight is 283 g/mol. The Balaban J connectivity index is 1.42. The van der Waals surface area contributed by atoms with Crippen molar-refractivity contribution in [3.63, 3.8) is 0 Å². The molecule has 2 N–H and O–H groups in total. The van der Waals surface area contributed by atoms with Crippen LogP contribution in [0.3, 0.4) is 0 Å². The molecule has 0 unspecified atom stereocenters. The minimum Gasteiger partial charge on any atom is -0.493 e. The van der Waals surface area contributed by atoms with E-state index in [0.717, 1.165) is 30.8 Å². The molecule has 3 nitrogen and oxygen atoms in total. The molecule has 21 heavy (non-hydrogen) atoms. The fourth-order valence-electron chi connectivity index (χ4n) is 2.67. The summed E-state index contributed by atoms with van der Waals surface area (Å²) >= 11 is 0. The molecule has 110 valence electrons. The van der Waals surface area contributed by atoms with Crippen molar-refractivity contribution in [1.82, 2.24) is 0 Å². The van der Waals surface area contributed by atoms with Gasteiger partial charge in [0.25, 0.3) is 0 Å². The van der Waals surface area contributed by atoms with E-state index in [4.69, 9.17) is 15.2 Å². The van der Waals surface area contributed by atoms with E-state index in [1.807, 2.05) is 36.4 Å². The maximum atomic E-state index is 6.03. The summed E-state index contributed by atoms with van der Waals surface area (Å²) in [5.74, 6) is 1.84. The molecule has 0 saturated carbocycles. The van der Waals surface area contributed by atoms with E-state index in [1.54, 1.807) is 0 Å². The first-order valence-electron chi connectivity index (χ1n) is 7.52. The number of benzene rings is 2. The molecule has 2 aromatic rings.